The van der Waals surface area contributed by atoms with E-state index in [1.165, 1.54) is 24.5 Å². The van der Waals surface area contributed by atoms with Gasteiger partial charge in [0, 0.05) is 30.6 Å². The van der Waals surface area contributed by atoms with Crippen molar-refractivity contribution in [2.24, 2.45) is 0 Å². The summed E-state index contributed by atoms with van der Waals surface area (Å²) in [5.41, 5.74) is 1.26. The highest BCUT2D eigenvalue weighted by atomic mass is 32.2. The van der Waals surface area contributed by atoms with Crippen LogP contribution in [0.3, 0.4) is 0 Å². The second-order valence-corrected chi connectivity index (χ2v) is 10.5. The number of carbonyl (C=O) groups excluding carboxylic acids is 1. The first-order valence-electron chi connectivity index (χ1n) is 11.2. The molecule has 0 bridgehead atoms. The minimum atomic E-state index is -4.22. The van der Waals surface area contributed by atoms with Crippen LogP contribution in [0, 0.1) is 5.82 Å². The molecule has 0 aliphatic carbocycles. The summed E-state index contributed by atoms with van der Waals surface area (Å²) >= 11 is 0. The van der Waals surface area contributed by atoms with Crippen molar-refractivity contribution in [1.29, 1.82) is 0 Å². The maximum atomic E-state index is 14.2. The lowest BCUT2D eigenvalue weighted by Gasteiger charge is -2.22. The molecule has 2 aromatic carbocycles. The number of Topliss-reactive ketones (excluding diaryl/α,β-unsaturated/α-hetero) is 1. The number of fused-ring (bicyclic) bond motifs is 1. The molecule has 2 aliphatic rings. The quantitative estimate of drug-likeness (QED) is 0.422. The number of aryl methyl sites for hydroxylation is 1. The summed E-state index contributed by atoms with van der Waals surface area (Å²) in [7, 11) is -4.22. The Kier molecular flexibility index (Phi) is 6.36. The van der Waals surface area contributed by atoms with Gasteiger partial charge in [0.1, 0.15) is 18.3 Å². The van der Waals surface area contributed by atoms with Crippen molar-refractivity contribution in [2.75, 3.05) is 6.54 Å². The average Bonchev–Trinajstić information content (AvgIpc) is 3.41. The fraction of sp³-hybridized carbons (Fsp3) is 0.292. The number of rotatable bonds is 7. The largest absolute Gasteiger partial charge is 0.586 e. The molecule has 1 fully saturated rings. The third-order valence-corrected chi connectivity index (χ3v) is 7.93. The lowest BCUT2D eigenvalue weighted by Crippen LogP contribution is -2.40. The van der Waals surface area contributed by atoms with Crippen molar-refractivity contribution in [2.45, 2.75) is 42.7 Å². The van der Waals surface area contributed by atoms with Gasteiger partial charge in [0.05, 0.1) is 16.6 Å². The lowest BCUT2D eigenvalue weighted by molar-refractivity contribution is -0.286. The number of hydrogen-bond acceptors (Lipinski definition) is 7. The molecule has 0 saturated carbocycles. The molecule has 13 heteroatoms. The minimum Gasteiger partial charge on any atom is -0.395 e. The molecule has 194 valence electrons. The number of benzene rings is 2. The number of ether oxygens (including phenoxy) is 2. The molecule has 0 N–H and O–H groups in total. The predicted molar refractivity (Wildman–Crippen MR) is 121 cm³/mol. The fourth-order valence-electron chi connectivity index (χ4n) is 4.27. The van der Waals surface area contributed by atoms with Gasteiger partial charge in [0.25, 0.3) is 0 Å². The van der Waals surface area contributed by atoms with E-state index < -0.39 is 46.7 Å². The average molecular weight is 537 g/mol. The molecule has 5 rings (SSSR count). The number of ketones is 1. The lowest BCUT2D eigenvalue weighted by atomic mass is 10.0. The van der Waals surface area contributed by atoms with Crippen LogP contribution in [0.5, 0.6) is 11.5 Å². The Morgan fingerprint density at radius 2 is 1.78 bits per heavy atom. The molecule has 1 saturated heterocycles. The van der Waals surface area contributed by atoms with E-state index in [1.807, 2.05) is 0 Å². The second-order valence-electron chi connectivity index (χ2n) is 8.57. The van der Waals surface area contributed by atoms with Gasteiger partial charge >= 0.3 is 6.29 Å². The van der Waals surface area contributed by atoms with Crippen LogP contribution < -0.4 is 9.47 Å². The van der Waals surface area contributed by atoms with Crippen LogP contribution in [0.1, 0.15) is 18.5 Å². The normalized spacial score (nSPS) is 20.8. The predicted octanol–water partition coefficient (Wildman–Crippen LogP) is 3.91. The first-order chi connectivity index (χ1) is 17.5. The Hall–Kier alpha value is -3.58. The summed E-state index contributed by atoms with van der Waals surface area (Å²) in [6, 6.07) is 8.61. The summed E-state index contributed by atoms with van der Waals surface area (Å²) in [6.45, 7) is -0.475. The molecular formula is C24H19F4N3O5S. The molecule has 2 aliphatic heterocycles. The van der Waals surface area contributed by atoms with E-state index >= 15 is 0 Å². The van der Waals surface area contributed by atoms with Crippen molar-refractivity contribution in [3.05, 3.63) is 66.4 Å². The zero-order valence-corrected chi connectivity index (χ0v) is 19.8. The highest BCUT2D eigenvalue weighted by Crippen LogP contribution is 2.42. The minimum absolute atomic E-state index is 0.106. The maximum absolute atomic E-state index is 14.2. The molecule has 3 aromatic rings. The number of hydrogen-bond donors (Lipinski definition) is 0. The Bertz CT molecular complexity index is 1450. The summed E-state index contributed by atoms with van der Waals surface area (Å²) < 4.78 is 89.7. The first-order valence-corrected chi connectivity index (χ1v) is 12.6. The number of carbonyl (C=O) groups is 1. The van der Waals surface area contributed by atoms with E-state index in [9.17, 15) is 30.8 Å². The molecule has 2 atom stereocenters. The van der Waals surface area contributed by atoms with E-state index in [-0.39, 0.29) is 35.7 Å². The second kappa shape index (κ2) is 9.38. The summed E-state index contributed by atoms with van der Waals surface area (Å²) in [5.74, 6) is -1.38. The summed E-state index contributed by atoms with van der Waals surface area (Å²) in [5, 5.41) is 0. The molecule has 8 nitrogen and oxygen atoms in total. The van der Waals surface area contributed by atoms with Gasteiger partial charge in [-0.1, -0.05) is 0 Å². The third-order valence-electron chi connectivity index (χ3n) is 6.04. The van der Waals surface area contributed by atoms with Crippen molar-refractivity contribution >= 4 is 15.8 Å². The molecule has 0 radical (unpaired) electrons. The van der Waals surface area contributed by atoms with Gasteiger partial charge < -0.3 is 9.47 Å². The van der Waals surface area contributed by atoms with Crippen molar-refractivity contribution < 1.29 is 40.2 Å². The Morgan fingerprint density at radius 3 is 2.54 bits per heavy atom. The van der Waals surface area contributed by atoms with E-state index in [0.29, 0.717) is 17.0 Å². The third kappa shape index (κ3) is 5.14. The van der Waals surface area contributed by atoms with Gasteiger partial charge in [-0.15, -0.1) is 8.78 Å². The van der Waals surface area contributed by atoms with E-state index in [0.717, 1.165) is 28.6 Å². The first kappa shape index (κ1) is 25.1. The number of aromatic nitrogens is 2. The molecule has 3 heterocycles. The summed E-state index contributed by atoms with van der Waals surface area (Å²) in [6.07, 6.45) is -4.34. The Balaban J connectivity index is 1.29. The van der Waals surface area contributed by atoms with Gasteiger partial charge in [-0.3, -0.25) is 4.79 Å². The molecule has 0 amide bonds. The van der Waals surface area contributed by atoms with Crippen molar-refractivity contribution in [3.63, 3.8) is 0 Å². The van der Waals surface area contributed by atoms with Gasteiger partial charge in [-0.05, 0) is 55.0 Å². The van der Waals surface area contributed by atoms with Crippen molar-refractivity contribution in [3.8, 4) is 22.8 Å². The molecule has 0 spiro atoms. The highest BCUT2D eigenvalue weighted by molar-refractivity contribution is 7.89. The standard InChI is InChI=1S/C24H19F4N3O5S/c25-15-2-5-18(6-3-15)37(33,34)31-12-16(26)10-20(31)21(32)7-4-17-11-19(30-13-29-17)14-1-8-22-23(9-14)36-24(27,28)35-22/h1-3,5-6,8-9,11,13,16,20H,4,7,10,12H2/t16-,20+/m1/s1. The zero-order chi connectivity index (χ0) is 26.4. The van der Waals surface area contributed by atoms with E-state index in [2.05, 4.69) is 19.4 Å². The van der Waals surface area contributed by atoms with Gasteiger partial charge in [0.15, 0.2) is 17.3 Å². The van der Waals surface area contributed by atoms with E-state index in [4.69, 9.17) is 0 Å². The Labute approximate surface area is 208 Å². The van der Waals surface area contributed by atoms with Crippen LogP contribution in [0.15, 0.2) is 59.8 Å². The smallest absolute Gasteiger partial charge is 0.395 e. The van der Waals surface area contributed by atoms with Crippen LogP contribution in [0.25, 0.3) is 11.3 Å². The van der Waals surface area contributed by atoms with Gasteiger partial charge in [-0.25, -0.2) is 27.2 Å². The fourth-order valence-corrected chi connectivity index (χ4v) is 5.92. The highest BCUT2D eigenvalue weighted by Gasteiger charge is 2.44. The van der Waals surface area contributed by atoms with E-state index in [1.54, 1.807) is 6.07 Å². The molecular weight excluding hydrogens is 518 g/mol. The molecule has 37 heavy (non-hydrogen) atoms. The van der Waals surface area contributed by atoms with Crippen molar-refractivity contribution in [1.82, 2.24) is 14.3 Å². The SMILES string of the molecule is O=C(CCc1cc(-c2ccc3c(c2)OC(F)(F)O3)ncn1)[C@@H]1C[C@@H](F)CN1S(=O)(=O)c1ccc(F)cc1. The number of sulfonamides is 1. The van der Waals surface area contributed by atoms with Crippen LogP contribution in [0.4, 0.5) is 17.6 Å². The molecule has 0 unspecified atom stereocenters. The monoisotopic (exact) mass is 537 g/mol. The number of nitrogens with zero attached hydrogens (tertiary/aromatic N) is 3. The van der Waals surface area contributed by atoms with Crippen LogP contribution in [-0.4, -0.2) is 53.5 Å². The van der Waals surface area contributed by atoms with Gasteiger partial charge in [0.2, 0.25) is 10.0 Å². The topological polar surface area (TPSA) is 98.7 Å². The van der Waals surface area contributed by atoms with Gasteiger partial charge in [-0.2, -0.15) is 4.31 Å². The summed E-state index contributed by atoms with van der Waals surface area (Å²) in [4.78, 5) is 21.0. The van der Waals surface area contributed by atoms with Crippen LogP contribution in [-0.2, 0) is 21.2 Å². The number of halogens is 4. The maximum Gasteiger partial charge on any atom is 0.586 e. The number of alkyl halides is 3. The van der Waals surface area contributed by atoms with Crippen LogP contribution in [0.2, 0.25) is 0 Å². The Morgan fingerprint density at radius 1 is 1.05 bits per heavy atom. The molecule has 1 aromatic heterocycles. The van der Waals surface area contributed by atoms with Crippen LogP contribution >= 0.6 is 0 Å². The zero-order valence-electron chi connectivity index (χ0n) is 19.0.